The van der Waals surface area contributed by atoms with Gasteiger partial charge in [-0.05, 0) is 38.3 Å². The minimum atomic E-state index is -0.113. The smallest absolute Gasteiger partial charge is 0.226 e. The molecular weight excluding hydrogens is 380 g/mol. The standard InChI is InChI=1S/C18H23ClN8O/c1-10-13(11(2)26(3)25-10)7-20-17(28)12-5-4-6-27(8-12)16-14-15(22-9-21-14)23-18(19)24-16/h9,12H,4-8H2,1-3H3,(H,20,28)(H,21,22,23,24)/t12-/m1/s1. The Morgan fingerprint density at radius 2 is 2.21 bits per heavy atom. The number of aryl methyl sites for hydroxylation is 2. The molecule has 0 saturated carbocycles. The second kappa shape index (κ2) is 7.38. The van der Waals surface area contributed by atoms with Crippen LogP contribution in [0.25, 0.3) is 11.2 Å². The second-order valence-electron chi connectivity index (χ2n) is 7.19. The van der Waals surface area contributed by atoms with Crippen LogP contribution < -0.4 is 10.2 Å². The lowest BCUT2D eigenvalue weighted by Gasteiger charge is -2.33. The SMILES string of the molecule is Cc1nn(C)c(C)c1CNC(=O)[C@@H]1CCCN(c2nc(Cl)nc3nc[nH]c23)C1. The molecule has 9 nitrogen and oxygen atoms in total. The topological polar surface area (TPSA) is 105 Å². The van der Waals surface area contributed by atoms with E-state index in [0.29, 0.717) is 24.6 Å². The largest absolute Gasteiger partial charge is 0.354 e. The number of fused-ring (bicyclic) bond motifs is 1. The number of anilines is 1. The molecule has 1 atom stereocenters. The van der Waals surface area contributed by atoms with Gasteiger partial charge in [0.1, 0.15) is 5.52 Å². The molecule has 1 amide bonds. The van der Waals surface area contributed by atoms with Gasteiger partial charge in [-0.25, -0.2) is 4.98 Å². The number of amides is 1. The van der Waals surface area contributed by atoms with Crippen molar-refractivity contribution in [2.45, 2.75) is 33.2 Å². The Balaban J connectivity index is 1.47. The fourth-order valence-electron chi connectivity index (χ4n) is 3.80. The summed E-state index contributed by atoms with van der Waals surface area (Å²) in [5.41, 5.74) is 4.37. The molecule has 4 rings (SSSR count). The number of carbonyl (C=O) groups excluding carboxylic acids is 1. The minimum Gasteiger partial charge on any atom is -0.354 e. The highest BCUT2D eigenvalue weighted by molar-refractivity contribution is 6.28. The van der Waals surface area contributed by atoms with E-state index in [2.05, 4.69) is 35.3 Å². The third-order valence-electron chi connectivity index (χ3n) is 5.43. The zero-order chi connectivity index (χ0) is 19.8. The summed E-state index contributed by atoms with van der Waals surface area (Å²) in [4.78, 5) is 30.6. The van der Waals surface area contributed by atoms with Crippen molar-refractivity contribution < 1.29 is 4.79 Å². The summed E-state index contributed by atoms with van der Waals surface area (Å²) in [6.45, 7) is 5.86. The van der Waals surface area contributed by atoms with Crippen molar-refractivity contribution in [3.8, 4) is 0 Å². The van der Waals surface area contributed by atoms with Crippen LogP contribution in [0.2, 0.25) is 5.28 Å². The van der Waals surface area contributed by atoms with Gasteiger partial charge in [0.05, 0.1) is 17.9 Å². The molecule has 1 aliphatic heterocycles. The molecule has 0 bridgehead atoms. The Morgan fingerprint density at radius 1 is 1.39 bits per heavy atom. The molecule has 28 heavy (non-hydrogen) atoms. The van der Waals surface area contributed by atoms with Crippen molar-refractivity contribution in [2.24, 2.45) is 13.0 Å². The lowest BCUT2D eigenvalue weighted by Crippen LogP contribution is -2.43. The Morgan fingerprint density at radius 3 is 2.96 bits per heavy atom. The number of H-pyrrole nitrogens is 1. The number of carbonyl (C=O) groups is 1. The van der Waals surface area contributed by atoms with E-state index in [0.717, 1.165) is 41.9 Å². The van der Waals surface area contributed by atoms with Gasteiger partial charge in [-0.1, -0.05) is 0 Å². The molecule has 4 heterocycles. The van der Waals surface area contributed by atoms with Gasteiger partial charge >= 0.3 is 0 Å². The zero-order valence-electron chi connectivity index (χ0n) is 16.2. The Kier molecular flexibility index (Phi) is 4.92. The predicted octanol–water partition coefficient (Wildman–Crippen LogP) is 1.89. The maximum atomic E-state index is 12.8. The molecule has 10 heteroatoms. The van der Waals surface area contributed by atoms with E-state index in [9.17, 15) is 4.79 Å². The number of rotatable bonds is 4. The van der Waals surface area contributed by atoms with Crippen molar-refractivity contribution in [2.75, 3.05) is 18.0 Å². The van der Waals surface area contributed by atoms with Crippen LogP contribution in [0.1, 0.15) is 29.8 Å². The van der Waals surface area contributed by atoms with Crippen LogP contribution in [0.5, 0.6) is 0 Å². The fourth-order valence-corrected chi connectivity index (χ4v) is 3.96. The first-order valence-electron chi connectivity index (χ1n) is 9.32. The third-order valence-corrected chi connectivity index (χ3v) is 5.60. The maximum absolute atomic E-state index is 12.8. The molecule has 3 aromatic heterocycles. The Labute approximate surface area is 167 Å². The molecule has 0 aliphatic carbocycles. The predicted molar refractivity (Wildman–Crippen MR) is 106 cm³/mol. The molecule has 148 valence electrons. The molecule has 1 fully saturated rings. The number of nitrogens with zero attached hydrogens (tertiary/aromatic N) is 6. The summed E-state index contributed by atoms with van der Waals surface area (Å²) in [6, 6.07) is 0. The van der Waals surface area contributed by atoms with E-state index < -0.39 is 0 Å². The van der Waals surface area contributed by atoms with Gasteiger partial charge in [0.2, 0.25) is 11.2 Å². The number of nitrogens with one attached hydrogen (secondary N) is 2. The van der Waals surface area contributed by atoms with Gasteiger partial charge in [0.15, 0.2) is 11.5 Å². The fraction of sp³-hybridized carbons (Fsp3) is 0.500. The second-order valence-corrected chi connectivity index (χ2v) is 7.53. The summed E-state index contributed by atoms with van der Waals surface area (Å²) < 4.78 is 1.84. The minimum absolute atomic E-state index is 0.0494. The van der Waals surface area contributed by atoms with Crippen LogP contribution in [0.3, 0.4) is 0 Å². The number of piperidine rings is 1. The van der Waals surface area contributed by atoms with Gasteiger partial charge in [-0.3, -0.25) is 9.48 Å². The van der Waals surface area contributed by atoms with Crippen LogP contribution in [0, 0.1) is 19.8 Å². The van der Waals surface area contributed by atoms with Gasteiger partial charge in [0.25, 0.3) is 0 Å². The number of halogens is 1. The van der Waals surface area contributed by atoms with Gasteiger partial charge < -0.3 is 15.2 Å². The quantitative estimate of drug-likeness (QED) is 0.646. The van der Waals surface area contributed by atoms with Gasteiger partial charge in [-0.15, -0.1) is 0 Å². The first-order valence-corrected chi connectivity index (χ1v) is 9.70. The van der Waals surface area contributed by atoms with Gasteiger partial charge in [-0.2, -0.15) is 15.1 Å². The average molecular weight is 403 g/mol. The molecule has 0 radical (unpaired) electrons. The number of hydrogen-bond acceptors (Lipinski definition) is 6. The van der Waals surface area contributed by atoms with Gasteiger partial charge in [0, 0.05) is 37.9 Å². The number of hydrogen-bond donors (Lipinski definition) is 2. The van der Waals surface area contributed by atoms with E-state index >= 15 is 0 Å². The highest BCUT2D eigenvalue weighted by Crippen LogP contribution is 2.27. The van der Waals surface area contributed by atoms with Crippen LogP contribution in [-0.2, 0) is 18.4 Å². The van der Waals surface area contributed by atoms with Crippen molar-refractivity contribution in [3.63, 3.8) is 0 Å². The molecule has 3 aromatic rings. The summed E-state index contributed by atoms with van der Waals surface area (Å²) in [5, 5.41) is 7.64. The lowest BCUT2D eigenvalue weighted by molar-refractivity contribution is -0.125. The van der Waals surface area contributed by atoms with Crippen molar-refractivity contribution in [3.05, 3.63) is 28.6 Å². The van der Waals surface area contributed by atoms with Crippen LogP contribution in [-0.4, -0.2) is 48.7 Å². The molecule has 0 unspecified atom stereocenters. The first-order chi connectivity index (χ1) is 13.4. The van der Waals surface area contributed by atoms with E-state index in [4.69, 9.17) is 11.6 Å². The third kappa shape index (κ3) is 3.42. The van der Waals surface area contributed by atoms with Crippen LogP contribution in [0.4, 0.5) is 5.82 Å². The molecular formula is C18H23ClN8O. The summed E-state index contributed by atoms with van der Waals surface area (Å²) >= 11 is 6.06. The van der Waals surface area contributed by atoms with Crippen molar-refractivity contribution >= 4 is 34.5 Å². The Hall–Kier alpha value is -2.68. The zero-order valence-corrected chi connectivity index (χ0v) is 16.9. The highest BCUT2D eigenvalue weighted by Gasteiger charge is 2.28. The summed E-state index contributed by atoms with van der Waals surface area (Å²) in [7, 11) is 1.91. The van der Waals surface area contributed by atoms with Crippen molar-refractivity contribution in [1.29, 1.82) is 0 Å². The molecule has 0 aromatic carbocycles. The lowest BCUT2D eigenvalue weighted by atomic mass is 9.97. The van der Waals surface area contributed by atoms with E-state index in [1.807, 2.05) is 25.6 Å². The Bertz CT molecular complexity index is 1030. The molecule has 0 spiro atoms. The van der Waals surface area contributed by atoms with Crippen LogP contribution >= 0.6 is 11.6 Å². The van der Waals surface area contributed by atoms with E-state index in [1.165, 1.54) is 0 Å². The maximum Gasteiger partial charge on any atom is 0.226 e. The molecule has 1 aliphatic rings. The van der Waals surface area contributed by atoms with E-state index in [1.54, 1.807) is 6.33 Å². The average Bonchev–Trinajstić information content (AvgIpc) is 3.24. The number of imidazole rings is 1. The van der Waals surface area contributed by atoms with Crippen LogP contribution in [0.15, 0.2) is 6.33 Å². The summed E-state index contributed by atoms with van der Waals surface area (Å²) in [6.07, 6.45) is 3.32. The number of aromatic amines is 1. The highest BCUT2D eigenvalue weighted by atomic mass is 35.5. The number of aromatic nitrogens is 6. The first kappa shape index (κ1) is 18.7. The molecule has 1 saturated heterocycles. The summed E-state index contributed by atoms with van der Waals surface area (Å²) in [5.74, 6) is 0.634. The van der Waals surface area contributed by atoms with E-state index in [-0.39, 0.29) is 17.1 Å². The normalized spacial score (nSPS) is 17.3. The van der Waals surface area contributed by atoms with Crippen molar-refractivity contribution in [1.82, 2.24) is 35.0 Å². The molecule has 2 N–H and O–H groups in total. The monoisotopic (exact) mass is 402 g/mol.